The Bertz CT molecular complexity index is 169. The molecule has 1 rings (SSSR count). The Hall–Kier alpha value is -0.183. The molecule has 0 aliphatic carbocycles. The van der Waals surface area contributed by atoms with Crippen molar-refractivity contribution in [2.45, 2.75) is 5.28 Å². The third-order valence-corrected chi connectivity index (χ3v) is 1.55. The van der Waals surface area contributed by atoms with Gasteiger partial charge in [0.05, 0.1) is 8.34 Å². The molecule has 2 heteroatoms. The normalized spacial score (nSPS) is 9.78. The SMILES string of the molecule is [3H][B][3H].[Al][CH2]c1ccccc1. The molecule has 0 heterocycles. The molecule has 0 atom stereocenters. The molecule has 0 nitrogen and oxygen atoms in total. The van der Waals surface area contributed by atoms with Gasteiger partial charge in [-0.1, -0.05) is 41.2 Å². The van der Waals surface area contributed by atoms with E-state index in [0.717, 1.165) is 5.28 Å². The van der Waals surface area contributed by atoms with Crippen LogP contribution in [-0.2, 0) is 5.28 Å². The molecule has 0 amide bonds. The zero-order valence-electron chi connectivity index (χ0n) is 7.25. The standard InChI is InChI=1S/C7H7.Al.BH2/c1-7-5-3-2-4-6-7;;/h2-6H,1H2;;1H2/i;;1T2. The van der Waals surface area contributed by atoms with E-state index in [2.05, 4.69) is 40.6 Å². The fourth-order valence-electron chi connectivity index (χ4n) is 0.614. The van der Waals surface area contributed by atoms with Crippen molar-refractivity contribution in [2.24, 2.45) is 0 Å². The van der Waals surface area contributed by atoms with Crippen LogP contribution < -0.4 is 0 Å². The second-order valence-electron chi connectivity index (χ2n) is 1.69. The molecular weight excluding hydrogens is 122 g/mol. The van der Waals surface area contributed by atoms with E-state index in [1.165, 1.54) is 5.56 Å². The van der Waals surface area contributed by atoms with Crippen LogP contribution in [0.15, 0.2) is 30.3 Å². The van der Waals surface area contributed by atoms with E-state index in [0.29, 0.717) is 8.34 Å². The van der Waals surface area contributed by atoms with Gasteiger partial charge in [-0.05, 0) is 2.67 Å². The Morgan fingerprint density at radius 1 is 1.44 bits per heavy atom. The van der Waals surface area contributed by atoms with Gasteiger partial charge in [0, 0.05) is 0 Å². The van der Waals surface area contributed by atoms with E-state index in [1.54, 1.807) is 0 Å². The van der Waals surface area contributed by atoms with Crippen molar-refractivity contribution in [2.75, 3.05) is 0 Å². The summed E-state index contributed by atoms with van der Waals surface area (Å²) in [5.41, 5.74) is 1.37. The third-order valence-electron chi connectivity index (χ3n) is 1.08. The lowest BCUT2D eigenvalue weighted by Gasteiger charge is -1.90. The molecule has 0 aliphatic heterocycles. The van der Waals surface area contributed by atoms with Crippen LogP contribution in [0.1, 0.15) is 5.56 Å². The molecule has 0 saturated carbocycles. The van der Waals surface area contributed by atoms with Crippen LogP contribution in [0.3, 0.4) is 0 Å². The summed E-state index contributed by atoms with van der Waals surface area (Å²) in [5.74, 6) is 0. The summed E-state index contributed by atoms with van der Waals surface area (Å²) >= 11 is 2.69. The fourth-order valence-corrected chi connectivity index (χ4v) is 0.886. The number of rotatable bonds is 1. The summed E-state index contributed by atoms with van der Waals surface area (Å²) in [6, 6.07) is 10.4. The Morgan fingerprint density at radius 2 is 2.00 bits per heavy atom. The molecule has 0 aliphatic rings. The van der Waals surface area contributed by atoms with Gasteiger partial charge in [-0.15, -0.1) is 0 Å². The van der Waals surface area contributed by atoms with Crippen molar-refractivity contribution in [3.8, 4) is 0 Å². The van der Waals surface area contributed by atoms with Crippen molar-refractivity contribution < 1.29 is 0 Å². The van der Waals surface area contributed by atoms with Gasteiger partial charge in [-0.3, -0.25) is 0 Å². The number of hydrogen-bond donors (Lipinski definition) is 0. The highest BCUT2D eigenvalue weighted by molar-refractivity contribution is 6.08. The van der Waals surface area contributed by atoms with Crippen LogP contribution in [0.2, 0.25) is 0 Å². The van der Waals surface area contributed by atoms with Crippen LogP contribution in [-0.4, -0.2) is 27.3 Å². The van der Waals surface area contributed by atoms with Crippen LogP contribution in [0.25, 0.3) is 0 Å². The highest BCUT2D eigenvalue weighted by Gasteiger charge is 1.79. The molecule has 0 spiro atoms. The molecule has 3 radical (unpaired) electrons. The van der Waals surface area contributed by atoms with Gasteiger partial charge in [-0.25, -0.2) is 0 Å². The summed E-state index contributed by atoms with van der Waals surface area (Å²) in [5, 5.41) is 1.06. The third kappa shape index (κ3) is 2.74. The number of benzene rings is 1. The molecule has 0 saturated heterocycles. The van der Waals surface area contributed by atoms with E-state index < -0.39 is 0 Å². The van der Waals surface area contributed by atoms with Crippen LogP contribution in [0.4, 0.5) is 0 Å². The smallest absolute Gasteiger partial charge is 0.0945 e. The predicted octanol–water partition coefficient (Wildman–Crippen LogP) is 0.439. The van der Waals surface area contributed by atoms with Crippen molar-refractivity contribution >= 4 is 24.6 Å². The van der Waals surface area contributed by atoms with Crippen LogP contribution in [0.5, 0.6) is 0 Å². The molecule has 1 aromatic rings. The summed E-state index contributed by atoms with van der Waals surface area (Å²) in [4.78, 5) is 0. The van der Waals surface area contributed by atoms with Crippen molar-refractivity contribution in [3.05, 3.63) is 35.9 Å². The Labute approximate surface area is 69.0 Å². The van der Waals surface area contributed by atoms with Gasteiger partial charge in [0.2, 0.25) is 0 Å². The van der Waals surface area contributed by atoms with Gasteiger partial charge in [0.15, 0.2) is 0 Å². The summed E-state index contributed by atoms with van der Waals surface area (Å²) in [6.45, 7) is 0. The second kappa shape index (κ2) is 4.67. The average Bonchev–Trinajstić information content (AvgIpc) is 2.08. The summed E-state index contributed by atoms with van der Waals surface area (Å²) < 4.78 is 11.5. The first-order valence-corrected chi connectivity index (χ1v) is 3.49. The van der Waals surface area contributed by atoms with Crippen LogP contribution >= 0.6 is 0 Å². The van der Waals surface area contributed by atoms with Gasteiger partial charge in [0.25, 0.3) is 0 Å². The predicted molar refractivity (Wildman–Crippen MR) is 44.4 cm³/mol. The first-order valence-electron chi connectivity index (χ1n) is 3.83. The van der Waals surface area contributed by atoms with Crippen LogP contribution in [0, 0.1) is 0 Å². The minimum Gasteiger partial charge on any atom is -0.0945 e. The maximum atomic E-state index is 5.75. The molecule has 0 N–H and O–H groups in total. The van der Waals surface area contributed by atoms with Gasteiger partial charge >= 0.3 is 0 Å². The van der Waals surface area contributed by atoms with Crippen molar-refractivity contribution in [1.29, 1.82) is 2.67 Å². The zero-order valence-corrected chi connectivity index (χ0v) is 6.40. The topological polar surface area (TPSA) is 0 Å². The lowest BCUT2D eigenvalue weighted by Crippen LogP contribution is -1.78. The zero-order chi connectivity index (χ0) is 8.53. The van der Waals surface area contributed by atoms with E-state index in [4.69, 9.17) is 2.67 Å². The Morgan fingerprint density at radius 3 is 2.33 bits per heavy atom. The lowest BCUT2D eigenvalue weighted by molar-refractivity contribution is 1.40. The highest BCUT2D eigenvalue weighted by atomic mass is 27.0. The molecule has 0 bridgehead atoms. The van der Waals surface area contributed by atoms with E-state index in [-0.39, 0.29) is 0 Å². The van der Waals surface area contributed by atoms with E-state index >= 15 is 0 Å². The summed E-state index contributed by atoms with van der Waals surface area (Å²) in [6.07, 6.45) is 0. The van der Waals surface area contributed by atoms with Gasteiger partial charge in [0.1, 0.15) is 16.3 Å². The number of hydrogen-bond acceptors (Lipinski definition) is 0. The van der Waals surface area contributed by atoms with Gasteiger partial charge < -0.3 is 0 Å². The van der Waals surface area contributed by atoms with Crippen molar-refractivity contribution in [3.63, 3.8) is 0 Å². The minimum atomic E-state index is 0.500. The van der Waals surface area contributed by atoms with Gasteiger partial charge in [-0.2, -0.15) is 0 Å². The highest BCUT2D eigenvalue weighted by Crippen LogP contribution is 1.95. The Balaban J connectivity index is 0.000000292. The molecule has 0 aromatic heterocycles. The first-order chi connectivity index (χ1) is 5.35. The van der Waals surface area contributed by atoms with E-state index in [9.17, 15) is 0 Å². The summed E-state index contributed by atoms with van der Waals surface area (Å²) in [7, 11) is 0.500. The maximum Gasteiger partial charge on any atom is 0.125 e. The quantitative estimate of drug-likeness (QED) is 0.490. The molecule has 9 heavy (non-hydrogen) atoms. The molecular formula is C7H9AlB. The molecule has 0 fully saturated rings. The first kappa shape index (κ1) is 5.59. The molecule has 1 aromatic carbocycles. The second-order valence-corrected chi connectivity index (χ2v) is 2.10. The minimum absolute atomic E-state index is 0.500. The lowest BCUT2D eigenvalue weighted by atomic mass is 10.2. The van der Waals surface area contributed by atoms with E-state index in [1.807, 2.05) is 6.07 Å². The molecule has 43 valence electrons. The van der Waals surface area contributed by atoms with Crippen molar-refractivity contribution in [1.82, 2.24) is 0 Å². The average molecular weight is 135 g/mol. The Kier molecular flexibility index (Phi) is 2.90. The maximum absolute atomic E-state index is 5.75. The molecule has 0 unspecified atom stereocenters. The fraction of sp³-hybridized carbons (Fsp3) is 0.143. The largest absolute Gasteiger partial charge is 0.125 e. The monoisotopic (exact) mass is 135 g/mol.